The number of anilines is 1. The molecule has 0 aliphatic rings. The number of rotatable bonds is 7. The van der Waals surface area contributed by atoms with E-state index >= 15 is 0 Å². The van der Waals surface area contributed by atoms with Gasteiger partial charge in [0.1, 0.15) is 0 Å². The second-order valence-electron chi connectivity index (χ2n) is 4.91. The Morgan fingerprint density at radius 1 is 1.28 bits per heavy atom. The van der Waals surface area contributed by atoms with Gasteiger partial charge < -0.3 is 10.2 Å². The lowest BCUT2D eigenvalue weighted by atomic mass is 10.2. The van der Waals surface area contributed by atoms with E-state index < -0.39 is 10.8 Å². The predicted octanol–water partition coefficient (Wildman–Crippen LogP) is 2.00. The molecule has 0 saturated carbocycles. The van der Waals surface area contributed by atoms with Crippen molar-refractivity contribution >= 4 is 16.5 Å². The van der Waals surface area contributed by atoms with Crippen LogP contribution in [-0.4, -0.2) is 36.4 Å². The van der Waals surface area contributed by atoms with E-state index in [1.165, 1.54) is 11.3 Å². The Balaban J connectivity index is 2.36. The summed E-state index contributed by atoms with van der Waals surface area (Å²) in [6, 6.07) is 8.95. The lowest BCUT2D eigenvalue weighted by molar-refractivity contribution is 0.535. The molecule has 0 aliphatic carbocycles. The molecule has 2 atom stereocenters. The zero-order valence-electron chi connectivity index (χ0n) is 11.8. The summed E-state index contributed by atoms with van der Waals surface area (Å²) in [4.78, 5) is 2.09. The molecule has 18 heavy (non-hydrogen) atoms. The number of hydrogen-bond donors (Lipinski definition) is 1. The largest absolute Gasteiger partial charge is 0.378 e. The Labute approximate surface area is 113 Å². The first kappa shape index (κ1) is 15.2. The van der Waals surface area contributed by atoms with Gasteiger partial charge in [-0.05, 0) is 31.0 Å². The van der Waals surface area contributed by atoms with Crippen LogP contribution in [0.25, 0.3) is 0 Å². The molecule has 0 radical (unpaired) electrons. The summed E-state index contributed by atoms with van der Waals surface area (Å²) in [6.45, 7) is 3.01. The first-order valence-electron chi connectivity index (χ1n) is 6.28. The highest BCUT2D eigenvalue weighted by Gasteiger charge is 2.03. The normalized spacial score (nSPS) is 14.2. The maximum Gasteiger partial charge on any atom is 0.0361 e. The van der Waals surface area contributed by atoms with Crippen molar-refractivity contribution in [2.24, 2.45) is 0 Å². The molecule has 0 amide bonds. The van der Waals surface area contributed by atoms with Gasteiger partial charge >= 0.3 is 0 Å². The van der Waals surface area contributed by atoms with Crippen molar-refractivity contribution in [2.75, 3.05) is 31.0 Å². The molecule has 4 heteroatoms. The van der Waals surface area contributed by atoms with Gasteiger partial charge in [0.25, 0.3) is 0 Å². The Bertz CT molecular complexity index is 376. The number of nitrogens with zero attached hydrogens (tertiary/aromatic N) is 1. The zero-order valence-corrected chi connectivity index (χ0v) is 12.6. The summed E-state index contributed by atoms with van der Waals surface area (Å²) < 4.78 is 11.0. The van der Waals surface area contributed by atoms with Gasteiger partial charge in [-0.15, -0.1) is 0 Å². The number of nitrogens with one attached hydrogen (secondary N) is 1. The van der Waals surface area contributed by atoms with Crippen LogP contribution in [0.1, 0.15) is 18.9 Å². The fourth-order valence-electron chi connectivity index (χ4n) is 1.65. The molecular weight excluding hydrogens is 244 g/mol. The lowest BCUT2D eigenvalue weighted by Crippen LogP contribution is -2.27. The van der Waals surface area contributed by atoms with Crippen molar-refractivity contribution in [2.45, 2.75) is 25.9 Å². The van der Waals surface area contributed by atoms with Crippen LogP contribution in [0.3, 0.4) is 0 Å². The third-order valence-electron chi connectivity index (χ3n) is 2.95. The van der Waals surface area contributed by atoms with Crippen molar-refractivity contribution in [3.63, 3.8) is 0 Å². The van der Waals surface area contributed by atoms with Gasteiger partial charge in [0.05, 0.1) is 0 Å². The molecule has 3 nitrogen and oxygen atoms in total. The first-order chi connectivity index (χ1) is 8.49. The van der Waals surface area contributed by atoms with Crippen LogP contribution in [0.5, 0.6) is 0 Å². The van der Waals surface area contributed by atoms with E-state index in [2.05, 4.69) is 41.4 Å². The van der Waals surface area contributed by atoms with Gasteiger partial charge in [-0.2, -0.15) is 0 Å². The highest BCUT2D eigenvalue weighted by molar-refractivity contribution is 7.84. The maximum absolute atomic E-state index is 11.0. The third-order valence-corrected chi connectivity index (χ3v) is 3.76. The smallest absolute Gasteiger partial charge is 0.0361 e. The summed E-state index contributed by atoms with van der Waals surface area (Å²) in [5.41, 5.74) is 2.50. The molecule has 0 fully saturated rings. The average molecular weight is 268 g/mol. The SMILES string of the molecule is CC(CCS(C)=O)NCc1ccc(N(C)C)cc1. The van der Waals surface area contributed by atoms with Gasteiger partial charge in [0.2, 0.25) is 0 Å². The Morgan fingerprint density at radius 3 is 2.39 bits per heavy atom. The fraction of sp³-hybridized carbons (Fsp3) is 0.571. The van der Waals surface area contributed by atoms with E-state index in [0.717, 1.165) is 18.7 Å². The van der Waals surface area contributed by atoms with E-state index in [9.17, 15) is 4.21 Å². The second kappa shape index (κ2) is 7.54. The van der Waals surface area contributed by atoms with Crippen LogP contribution in [0, 0.1) is 0 Å². The van der Waals surface area contributed by atoms with E-state index in [-0.39, 0.29) is 0 Å². The monoisotopic (exact) mass is 268 g/mol. The third kappa shape index (κ3) is 5.65. The Hall–Kier alpha value is -0.870. The quantitative estimate of drug-likeness (QED) is 0.821. The molecule has 1 aromatic rings. The minimum absolute atomic E-state index is 0.405. The number of benzene rings is 1. The highest BCUT2D eigenvalue weighted by atomic mass is 32.2. The van der Waals surface area contributed by atoms with E-state index in [0.29, 0.717) is 6.04 Å². The topological polar surface area (TPSA) is 32.3 Å². The van der Waals surface area contributed by atoms with Crippen LogP contribution in [-0.2, 0) is 17.3 Å². The van der Waals surface area contributed by atoms with Crippen molar-refractivity contribution in [3.05, 3.63) is 29.8 Å². The summed E-state index contributed by atoms with van der Waals surface area (Å²) in [5, 5.41) is 3.45. The highest BCUT2D eigenvalue weighted by Crippen LogP contribution is 2.12. The molecule has 0 saturated heterocycles. The summed E-state index contributed by atoms with van der Waals surface area (Å²) in [6.07, 6.45) is 2.71. The van der Waals surface area contributed by atoms with Crippen LogP contribution in [0.4, 0.5) is 5.69 Å². The first-order valence-corrected chi connectivity index (χ1v) is 8.01. The molecule has 0 bridgehead atoms. The minimum atomic E-state index is -0.688. The molecule has 1 rings (SSSR count). The van der Waals surface area contributed by atoms with Gasteiger partial charge in [-0.3, -0.25) is 4.21 Å². The molecule has 0 heterocycles. The van der Waals surface area contributed by atoms with Gasteiger partial charge in [-0.1, -0.05) is 12.1 Å². The predicted molar refractivity (Wildman–Crippen MR) is 80.6 cm³/mol. The van der Waals surface area contributed by atoms with Crippen molar-refractivity contribution < 1.29 is 4.21 Å². The van der Waals surface area contributed by atoms with E-state index in [4.69, 9.17) is 0 Å². The summed E-state index contributed by atoms with van der Waals surface area (Å²) in [5.74, 6) is 0.772. The minimum Gasteiger partial charge on any atom is -0.378 e. The molecule has 102 valence electrons. The van der Waals surface area contributed by atoms with Crippen molar-refractivity contribution in [1.82, 2.24) is 5.32 Å². The molecule has 0 aliphatic heterocycles. The molecule has 1 N–H and O–H groups in total. The number of hydrogen-bond acceptors (Lipinski definition) is 3. The van der Waals surface area contributed by atoms with Crippen LogP contribution in [0.2, 0.25) is 0 Å². The maximum atomic E-state index is 11.0. The molecule has 1 aromatic carbocycles. The van der Waals surface area contributed by atoms with E-state index in [1.54, 1.807) is 6.26 Å². The van der Waals surface area contributed by atoms with Gasteiger partial charge in [0, 0.05) is 55.2 Å². The zero-order chi connectivity index (χ0) is 13.5. The van der Waals surface area contributed by atoms with Crippen molar-refractivity contribution in [1.29, 1.82) is 0 Å². The second-order valence-corrected chi connectivity index (χ2v) is 6.46. The summed E-state index contributed by atoms with van der Waals surface area (Å²) in [7, 11) is 3.40. The fourth-order valence-corrected chi connectivity index (χ4v) is 2.33. The van der Waals surface area contributed by atoms with E-state index in [1.807, 2.05) is 14.1 Å². The van der Waals surface area contributed by atoms with Crippen molar-refractivity contribution in [3.8, 4) is 0 Å². The standard InChI is InChI=1S/C14H24N2OS/c1-12(9-10-18(4)17)15-11-13-5-7-14(8-6-13)16(2)3/h5-8,12,15H,9-11H2,1-4H3. The average Bonchev–Trinajstić information content (AvgIpc) is 2.34. The van der Waals surface area contributed by atoms with Crippen LogP contribution >= 0.6 is 0 Å². The van der Waals surface area contributed by atoms with Gasteiger partial charge in [-0.25, -0.2) is 0 Å². The lowest BCUT2D eigenvalue weighted by Gasteiger charge is -2.15. The summed E-state index contributed by atoms with van der Waals surface area (Å²) >= 11 is 0. The molecule has 2 unspecified atom stereocenters. The van der Waals surface area contributed by atoms with Gasteiger partial charge in [0.15, 0.2) is 0 Å². The van der Waals surface area contributed by atoms with Crippen LogP contribution < -0.4 is 10.2 Å². The molecular formula is C14H24N2OS. The molecule has 0 spiro atoms. The molecule has 0 aromatic heterocycles. The van der Waals surface area contributed by atoms with Crippen LogP contribution in [0.15, 0.2) is 24.3 Å². The Morgan fingerprint density at radius 2 is 1.89 bits per heavy atom. The Kier molecular flexibility index (Phi) is 6.36.